The van der Waals surface area contributed by atoms with Crippen molar-refractivity contribution in [1.29, 1.82) is 0 Å². The van der Waals surface area contributed by atoms with Gasteiger partial charge >= 0.3 is 0 Å². The van der Waals surface area contributed by atoms with Gasteiger partial charge in [-0.15, -0.1) is 0 Å². The van der Waals surface area contributed by atoms with Crippen molar-refractivity contribution in [1.82, 2.24) is 9.66 Å². The van der Waals surface area contributed by atoms with E-state index in [2.05, 4.69) is 43.6 Å². The summed E-state index contributed by atoms with van der Waals surface area (Å²) in [6, 6.07) is 17.7. The van der Waals surface area contributed by atoms with Crippen LogP contribution >= 0.6 is 38.5 Å². The third kappa shape index (κ3) is 5.70. The number of nitrogens with zero attached hydrogens (tertiary/aromatic N) is 3. The Balaban J connectivity index is 1.44. The van der Waals surface area contributed by atoms with E-state index in [0.717, 1.165) is 50.7 Å². The van der Waals surface area contributed by atoms with Gasteiger partial charge in [0.1, 0.15) is 24.0 Å². The molecule has 4 aromatic rings. The third-order valence-corrected chi connectivity index (χ3v) is 7.70. The van der Waals surface area contributed by atoms with Gasteiger partial charge in [0.25, 0.3) is 5.56 Å². The van der Waals surface area contributed by atoms with Gasteiger partial charge in [0.05, 0.1) is 20.7 Å². The highest BCUT2D eigenvalue weighted by molar-refractivity contribution is 14.1. The minimum Gasteiger partial charge on any atom is -0.488 e. The van der Waals surface area contributed by atoms with E-state index in [1.165, 1.54) is 23.2 Å². The summed E-state index contributed by atoms with van der Waals surface area (Å²) in [6.45, 7) is 0.277. The lowest BCUT2D eigenvalue weighted by atomic mass is 9.88. The number of benzene rings is 3. The smallest absolute Gasteiger partial charge is 0.282 e. The zero-order valence-corrected chi connectivity index (χ0v) is 23.2. The first-order valence-electron chi connectivity index (χ1n) is 11.9. The highest BCUT2D eigenvalue weighted by Crippen LogP contribution is 2.32. The Kier molecular flexibility index (Phi) is 7.81. The van der Waals surface area contributed by atoms with Gasteiger partial charge in [-0.25, -0.2) is 9.37 Å². The molecule has 8 heteroatoms. The van der Waals surface area contributed by atoms with Crippen molar-refractivity contribution in [2.75, 3.05) is 0 Å². The molecule has 1 fully saturated rings. The first-order chi connectivity index (χ1) is 17.5. The molecule has 184 valence electrons. The summed E-state index contributed by atoms with van der Waals surface area (Å²) in [7, 11) is 0. The SMILES string of the molecule is O=c1c2cc(Br)ccc2nc(C2CCCCC2)n1N=Cc1ccc(OCc2cccc(F)c2)c(I)c1. The molecule has 0 bridgehead atoms. The molecule has 5 nitrogen and oxygen atoms in total. The van der Waals surface area contributed by atoms with Crippen LogP contribution in [0, 0.1) is 9.39 Å². The number of fused-ring (bicyclic) bond motifs is 1. The van der Waals surface area contributed by atoms with Crippen LogP contribution in [0.1, 0.15) is 55.0 Å². The third-order valence-electron chi connectivity index (χ3n) is 6.37. The standard InChI is InChI=1S/C28H24BrFIN3O2/c29-21-10-11-25-23(15-21)28(35)34(27(33-25)20-6-2-1-3-7-20)32-16-18-9-12-26(24(31)14-18)36-17-19-5-4-8-22(30)13-19/h4-5,8-16,20H,1-3,6-7,17H2. The Morgan fingerprint density at radius 2 is 1.94 bits per heavy atom. The van der Waals surface area contributed by atoms with Gasteiger partial charge in [-0.3, -0.25) is 4.79 Å². The van der Waals surface area contributed by atoms with E-state index >= 15 is 0 Å². The summed E-state index contributed by atoms with van der Waals surface area (Å²) in [5, 5.41) is 5.16. The fourth-order valence-corrected chi connectivity index (χ4v) is 5.59. The van der Waals surface area contributed by atoms with Crippen molar-refractivity contribution in [3.8, 4) is 5.75 Å². The van der Waals surface area contributed by atoms with E-state index < -0.39 is 0 Å². The number of halogens is 3. The molecule has 36 heavy (non-hydrogen) atoms. The number of hydrogen-bond donors (Lipinski definition) is 0. The normalized spacial score (nSPS) is 14.5. The van der Waals surface area contributed by atoms with Crippen LogP contribution in [-0.4, -0.2) is 15.9 Å². The molecule has 1 saturated carbocycles. The van der Waals surface area contributed by atoms with Crippen LogP contribution < -0.4 is 10.3 Å². The summed E-state index contributed by atoms with van der Waals surface area (Å²) < 4.78 is 22.5. The van der Waals surface area contributed by atoms with Crippen molar-refractivity contribution < 1.29 is 9.13 Å². The molecule has 0 aliphatic heterocycles. The minimum absolute atomic E-state index is 0.164. The molecule has 3 aromatic carbocycles. The Hall–Kier alpha value is -2.59. The number of hydrogen-bond acceptors (Lipinski definition) is 4. The highest BCUT2D eigenvalue weighted by Gasteiger charge is 2.22. The Bertz CT molecular complexity index is 1500. The molecule has 0 saturated heterocycles. The molecule has 1 aliphatic carbocycles. The number of rotatable bonds is 6. The van der Waals surface area contributed by atoms with Crippen molar-refractivity contribution in [2.45, 2.75) is 44.6 Å². The molecule has 1 aromatic heterocycles. The van der Waals surface area contributed by atoms with Gasteiger partial charge in [-0.05, 0) is 95.1 Å². The molecule has 0 radical (unpaired) electrons. The second kappa shape index (κ2) is 11.2. The van der Waals surface area contributed by atoms with Gasteiger partial charge in [0, 0.05) is 10.4 Å². The minimum atomic E-state index is -0.282. The maximum absolute atomic E-state index is 13.5. The summed E-state index contributed by atoms with van der Waals surface area (Å²) in [6.07, 6.45) is 7.21. The van der Waals surface area contributed by atoms with Gasteiger partial charge in [-0.2, -0.15) is 9.78 Å². The van der Waals surface area contributed by atoms with E-state index in [0.29, 0.717) is 16.7 Å². The summed E-state index contributed by atoms with van der Waals surface area (Å²) in [5.41, 5.74) is 2.14. The largest absolute Gasteiger partial charge is 0.488 e. The quantitative estimate of drug-likeness (QED) is 0.160. The molecular formula is C28H24BrFIN3O2. The van der Waals surface area contributed by atoms with Gasteiger partial charge in [0.15, 0.2) is 0 Å². The fourth-order valence-electron chi connectivity index (χ4n) is 4.53. The lowest BCUT2D eigenvalue weighted by Crippen LogP contribution is -2.25. The zero-order valence-electron chi connectivity index (χ0n) is 19.5. The molecule has 5 rings (SSSR count). The van der Waals surface area contributed by atoms with Crippen LogP contribution in [-0.2, 0) is 6.61 Å². The highest BCUT2D eigenvalue weighted by atomic mass is 127. The van der Waals surface area contributed by atoms with E-state index in [4.69, 9.17) is 9.72 Å². The van der Waals surface area contributed by atoms with Crippen LogP contribution in [0.5, 0.6) is 5.75 Å². The lowest BCUT2D eigenvalue weighted by Gasteiger charge is -2.22. The Morgan fingerprint density at radius 3 is 2.72 bits per heavy atom. The van der Waals surface area contributed by atoms with Crippen LogP contribution in [0.15, 0.2) is 75.0 Å². The maximum Gasteiger partial charge on any atom is 0.282 e. The van der Waals surface area contributed by atoms with E-state index in [1.807, 2.05) is 36.4 Å². The van der Waals surface area contributed by atoms with Crippen molar-refractivity contribution in [2.24, 2.45) is 5.10 Å². The van der Waals surface area contributed by atoms with Gasteiger partial charge in [-0.1, -0.05) is 47.3 Å². The topological polar surface area (TPSA) is 56.5 Å². The Labute approximate surface area is 230 Å². The van der Waals surface area contributed by atoms with Crippen molar-refractivity contribution >= 4 is 55.6 Å². The van der Waals surface area contributed by atoms with Crippen LogP contribution in [0.25, 0.3) is 10.9 Å². The van der Waals surface area contributed by atoms with E-state index in [9.17, 15) is 9.18 Å². The fraction of sp³-hybridized carbons (Fsp3) is 0.250. The molecule has 0 atom stereocenters. The molecular weight excluding hydrogens is 636 g/mol. The zero-order chi connectivity index (χ0) is 25.1. The van der Waals surface area contributed by atoms with Crippen molar-refractivity contribution in [3.05, 3.63) is 102 Å². The van der Waals surface area contributed by atoms with E-state index in [-0.39, 0.29) is 23.9 Å². The van der Waals surface area contributed by atoms with Crippen LogP contribution in [0.4, 0.5) is 4.39 Å². The Morgan fingerprint density at radius 1 is 1.11 bits per heavy atom. The number of aromatic nitrogens is 2. The van der Waals surface area contributed by atoms with Crippen LogP contribution in [0.3, 0.4) is 0 Å². The molecule has 1 heterocycles. The average Bonchev–Trinajstić information content (AvgIpc) is 2.88. The number of ether oxygens (including phenoxy) is 1. The molecule has 0 spiro atoms. The molecule has 0 N–H and O–H groups in total. The molecule has 0 unspecified atom stereocenters. The lowest BCUT2D eigenvalue weighted by molar-refractivity contribution is 0.303. The maximum atomic E-state index is 13.5. The second-order valence-corrected chi connectivity index (χ2v) is 11.0. The summed E-state index contributed by atoms with van der Waals surface area (Å²) >= 11 is 5.67. The summed E-state index contributed by atoms with van der Waals surface area (Å²) in [4.78, 5) is 18.4. The second-order valence-electron chi connectivity index (χ2n) is 8.94. The van der Waals surface area contributed by atoms with Crippen molar-refractivity contribution in [3.63, 3.8) is 0 Å². The molecule has 0 amide bonds. The summed E-state index contributed by atoms with van der Waals surface area (Å²) in [5.74, 6) is 1.37. The molecule has 1 aliphatic rings. The van der Waals surface area contributed by atoms with Gasteiger partial charge < -0.3 is 4.74 Å². The van der Waals surface area contributed by atoms with Crippen LogP contribution in [0.2, 0.25) is 0 Å². The van der Waals surface area contributed by atoms with Gasteiger partial charge in [0.2, 0.25) is 0 Å². The monoisotopic (exact) mass is 659 g/mol. The predicted molar refractivity (Wildman–Crippen MR) is 152 cm³/mol. The first-order valence-corrected chi connectivity index (χ1v) is 13.8. The predicted octanol–water partition coefficient (Wildman–Crippen LogP) is 7.41. The average molecular weight is 660 g/mol. The first kappa shape index (κ1) is 25.1. The van der Waals surface area contributed by atoms with E-state index in [1.54, 1.807) is 18.3 Å².